The van der Waals surface area contributed by atoms with E-state index in [1.807, 2.05) is 0 Å². The number of hydrogen-bond donors (Lipinski definition) is 0. The minimum absolute atomic E-state index is 0.676. The first kappa shape index (κ1) is 9.83. The average Bonchev–Trinajstić information content (AvgIpc) is 2.70. The quantitative estimate of drug-likeness (QED) is 0.670. The van der Waals surface area contributed by atoms with Crippen molar-refractivity contribution in [1.29, 1.82) is 0 Å². The largest absolute Gasteiger partial charge is 0.268 e. The molecule has 0 bridgehead atoms. The second-order valence-corrected chi connectivity index (χ2v) is 5.10. The van der Waals surface area contributed by atoms with Gasteiger partial charge in [-0.1, -0.05) is 37.3 Å². The zero-order valence-electron chi connectivity index (χ0n) is 9.63. The summed E-state index contributed by atoms with van der Waals surface area (Å²) in [5, 5.41) is 0. The summed E-state index contributed by atoms with van der Waals surface area (Å²) >= 11 is 0. The summed E-state index contributed by atoms with van der Waals surface area (Å²) in [7, 11) is 0. The van der Waals surface area contributed by atoms with Crippen LogP contribution in [0.3, 0.4) is 0 Å². The van der Waals surface area contributed by atoms with Crippen molar-refractivity contribution >= 4 is 11.8 Å². The molecule has 0 aromatic heterocycles. The SMILES string of the molecule is CC1CC2C=NC=C(c3ccccc3)C2C1. The molecule has 1 fully saturated rings. The Labute approximate surface area is 96.9 Å². The molecule has 1 nitrogen and oxygen atoms in total. The van der Waals surface area contributed by atoms with Gasteiger partial charge in [0, 0.05) is 18.3 Å². The average molecular weight is 211 g/mol. The van der Waals surface area contributed by atoms with E-state index in [-0.39, 0.29) is 0 Å². The summed E-state index contributed by atoms with van der Waals surface area (Å²) in [5.74, 6) is 2.22. The molecular weight excluding hydrogens is 194 g/mol. The van der Waals surface area contributed by atoms with Crippen LogP contribution in [0.15, 0.2) is 41.5 Å². The Bertz CT molecular complexity index is 430. The molecule has 3 unspecified atom stereocenters. The van der Waals surface area contributed by atoms with Gasteiger partial charge >= 0.3 is 0 Å². The maximum Gasteiger partial charge on any atom is 0.0305 e. The Kier molecular flexibility index (Phi) is 2.39. The van der Waals surface area contributed by atoms with Crippen molar-refractivity contribution in [3.8, 4) is 0 Å². The van der Waals surface area contributed by atoms with Crippen molar-refractivity contribution in [3.63, 3.8) is 0 Å². The Morgan fingerprint density at radius 3 is 2.75 bits per heavy atom. The molecule has 16 heavy (non-hydrogen) atoms. The van der Waals surface area contributed by atoms with Crippen LogP contribution in [0.5, 0.6) is 0 Å². The molecule has 3 rings (SSSR count). The van der Waals surface area contributed by atoms with Gasteiger partial charge in [-0.25, -0.2) is 0 Å². The van der Waals surface area contributed by atoms with Gasteiger partial charge in [0.15, 0.2) is 0 Å². The molecular formula is C15H17N. The predicted octanol–water partition coefficient (Wildman–Crippen LogP) is 3.77. The lowest BCUT2D eigenvalue weighted by molar-refractivity contribution is 0.591. The van der Waals surface area contributed by atoms with Crippen LogP contribution in [0.25, 0.3) is 5.57 Å². The maximum atomic E-state index is 4.42. The molecule has 1 heteroatoms. The molecule has 0 N–H and O–H groups in total. The van der Waals surface area contributed by atoms with E-state index in [1.165, 1.54) is 24.0 Å². The summed E-state index contributed by atoms with van der Waals surface area (Å²) in [6, 6.07) is 10.7. The van der Waals surface area contributed by atoms with Crippen molar-refractivity contribution in [1.82, 2.24) is 0 Å². The van der Waals surface area contributed by atoms with Crippen LogP contribution in [0, 0.1) is 17.8 Å². The van der Waals surface area contributed by atoms with Gasteiger partial charge in [-0.3, -0.25) is 4.99 Å². The fourth-order valence-electron chi connectivity index (χ4n) is 3.10. The molecule has 0 spiro atoms. The van der Waals surface area contributed by atoms with E-state index in [4.69, 9.17) is 0 Å². The van der Waals surface area contributed by atoms with Gasteiger partial charge in [0.2, 0.25) is 0 Å². The topological polar surface area (TPSA) is 12.4 Å². The second kappa shape index (κ2) is 3.89. The number of allylic oxidation sites excluding steroid dienone is 1. The maximum absolute atomic E-state index is 4.42. The minimum atomic E-state index is 0.676. The normalized spacial score (nSPS) is 32.3. The third kappa shape index (κ3) is 1.60. The van der Waals surface area contributed by atoms with Crippen LogP contribution < -0.4 is 0 Å². The summed E-state index contributed by atoms with van der Waals surface area (Å²) < 4.78 is 0. The summed E-state index contributed by atoms with van der Waals surface area (Å²) in [6.07, 6.45) is 6.84. The van der Waals surface area contributed by atoms with Crippen molar-refractivity contribution in [2.24, 2.45) is 22.7 Å². The van der Waals surface area contributed by atoms with Gasteiger partial charge in [-0.2, -0.15) is 0 Å². The van der Waals surface area contributed by atoms with Crippen molar-refractivity contribution in [2.75, 3.05) is 0 Å². The molecule has 1 aromatic carbocycles. The molecule has 1 aliphatic carbocycles. The van der Waals surface area contributed by atoms with Crippen LogP contribution >= 0.6 is 0 Å². The Morgan fingerprint density at radius 2 is 1.94 bits per heavy atom. The van der Waals surface area contributed by atoms with Gasteiger partial charge in [0.1, 0.15) is 0 Å². The van der Waals surface area contributed by atoms with Crippen LogP contribution in [0.4, 0.5) is 0 Å². The summed E-state index contributed by atoms with van der Waals surface area (Å²) in [4.78, 5) is 4.42. The summed E-state index contributed by atoms with van der Waals surface area (Å²) in [5.41, 5.74) is 2.79. The number of aliphatic imine (C=N–C) groups is 1. The smallest absolute Gasteiger partial charge is 0.0305 e. The number of fused-ring (bicyclic) bond motifs is 1. The van der Waals surface area contributed by atoms with Gasteiger partial charge in [0.25, 0.3) is 0 Å². The zero-order valence-corrected chi connectivity index (χ0v) is 9.63. The highest BCUT2D eigenvalue weighted by Crippen LogP contribution is 2.44. The third-order valence-electron chi connectivity index (χ3n) is 3.85. The van der Waals surface area contributed by atoms with Crippen LogP contribution in [0.1, 0.15) is 25.3 Å². The molecule has 0 radical (unpaired) electrons. The van der Waals surface area contributed by atoms with E-state index < -0.39 is 0 Å². The monoisotopic (exact) mass is 211 g/mol. The van der Waals surface area contributed by atoms with Crippen LogP contribution in [-0.4, -0.2) is 6.21 Å². The predicted molar refractivity (Wildman–Crippen MR) is 68.3 cm³/mol. The highest BCUT2D eigenvalue weighted by Gasteiger charge is 2.35. The Hall–Kier alpha value is -1.37. The Balaban J connectivity index is 1.96. The van der Waals surface area contributed by atoms with E-state index in [0.717, 1.165) is 5.92 Å². The van der Waals surface area contributed by atoms with E-state index in [2.05, 4.69) is 54.7 Å². The van der Waals surface area contributed by atoms with Gasteiger partial charge in [-0.05, 0) is 35.8 Å². The lowest BCUT2D eigenvalue weighted by Gasteiger charge is -2.22. The van der Waals surface area contributed by atoms with E-state index >= 15 is 0 Å². The summed E-state index contributed by atoms with van der Waals surface area (Å²) in [6.45, 7) is 2.36. The number of hydrogen-bond acceptors (Lipinski definition) is 1. The van der Waals surface area contributed by atoms with Crippen LogP contribution in [-0.2, 0) is 0 Å². The van der Waals surface area contributed by atoms with Crippen molar-refractivity contribution in [2.45, 2.75) is 19.8 Å². The fourth-order valence-corrected chi connectivity index (χ4v) is 3.10. The highest BCUT2D eigenvalue weighted by atomic mass is 14.7. The van der Waals surface area contributed by atoms with Gasteiger partial charge in [-0.15, -0.1) is 0 Å². The first-order chi connectivity index (χ1) is 7.84. The molecule has 1 heterocycles. The molecule has 1 aromatic rings. The van der Waals surface area contributed by atoms with Crippen molar-refractivity contribution in [3.05, 3.63) is 42.1 Å². The zero-order chi connectivity index (χ0) is 11.0. The van der Waals surface area contributed by atoms with Crippen molar-refractivity contribution < 1.29 is 0 Å². The fraction of sp³-hybridized carbons (Fsp3) is 0.400. The number of rotatable bonds is 1. The Morgan fingerprint density at radius 1 is 1.12 bits per heavy atom. The highest BCUT2D eigenvalue weighted by molar-refractivity contribution is 5.78. The first-order valence-electron chi connectivity index (χ1n) is 6.13. The second-order valence-electron chi connectivity index (χ2n) is 5.10. The standard InChI is InChI=1S/C15H17N/c1-11-7-13-9-16-10-15(14(13)8-11)12-5-3-2-4-6-12/h2-6,9-11,13-14H,7-8H2,1H3. The lowest BCUT2D eigenvalue weighted by Crippen LogP contribution is -2.14. The number of nitrogens with zero attached hydrogens (tertiary/aromatic N) is 1. The molecule has 1 saturated carbocycles. The molecule has 1 aliphatic heterocycles. The van der Waals surface area contributed by atoms with E-state index in [1.54, 1.807) is 0 Å². The molecule has 0 amide bonds. The van der Waals surface area contributed by atoms with Crippen LogP contribution in [0.2, 0.25) is 0 Å². The lowest BCUT2D eigenvalue weighted by atomic mass is 9.84. The molecule has 82 valence electrons. The van der Waals surface area contributed by atoms with Gasteiger partial charge < -0.3 is 0 Å². The van der Waals surface area contributed by atoms with E-state index in [0.29, 0.717) is 11.8 Å². The minimum Gasteiger partial charge on any atom is -0.268 e. The third-order valence-corrected chi connectivity index (χ3v) is 3.85. The van der Waals surface area contributed by atoms with Gasteiger partial charge in [0.05, 0.1) is 0 Å². The van der Waals surface area contributed by atoms with E-state index in [9.17, 15) is 0 Å². The first-order valence-corrected chi connectivity index (χ1v) is 6.13. The molecule has 3 atom stereocenters. The number of benzene rings is 1. The molecule has 2 aliphatic rings. The molecule has 0 saturated heterocycles.